The molecule has 0 atom stereocenters. The van der Waals surface area contributed by atoms with E-state index in [0.717, 1.165) is 10.1 Å². The first-order chi connectivity index (χ1) is 11.5. The van der Waals surface area contributed by atoms with Crippen LogP contribution in [0.1, 0.15) is 5.82 Å². The van der Waals surface area contributed by atoms with Gasteiger partial charge in [-0.2, -0.15) is 0 Å². The molecule has 24 heavy (non-hydrogen) atoms. The predicted molar refractivity (Wildman–Crippen MR) is 88.6 cm³/mol. The number of aryl methyl sites for hydroxylation is 1. The number of nitrogens with one attached hydrogen (secondary N) is 1. The van der Waals surface area contributed by atoms with E-state index in [1.54, 1.807) is 41.9 Å². The molecule has 0 saturated carbocycles. The second-order valence-corrected chi connectivity index (χ2v) is 5.59. The summed E-state index contributed by atoms with van der Waals surface area (Å²) in [5.41, 5.74) is 0.828. The van der Waals surface area contributed by atoms with Gasteiger partial charge < -0.3 is 9.55 Å². The minimum absolute atomic E-state index is 0.00575. The minimum Gasteiger partial charge on any atom is -0.330 e. The van der Waals surface area contributed by atoms with Gasteiger partial charge in [0.15, 0.2) is 0 Å². The van der Waals surface area contributed by atoms with Crippen LogP contribution in [0.3, 0.4) is 0 Å². The van der Waals surface area contributed by atoms with Gasteiger partial charge in [-0.05, 0) is 24.3 Å². The van der Waals surface area contributed by atoms with E-state index in [4.69, 9.17) is 0 Å². The van der Waals surface area contributed by atoms with Crippen molar-refractivity contribution in [1.29, 1.82) is 0 Å². The zero-order valence-corrected chi connectivity index (χ0v) is 12.8. The van der Waals surface area contributed by atoms with Gasteiger partial charge in [0, 0.05) is 13.1 Å². The van der Waals surface area contributed by atoms with Crippen LogP contribution in [0.5, 0.6) is 0 Å². The van der Waals surface area contributed by atoms with Gasteiger partial charge in [-0.3, -0.25) is 9.36 Å². The maximum atomic E-state index is 13.3. The fourth-order valence-corrected chi connectivity index (χ4v) is 2.85. The van der Waals surface area contributed by atoms with Crippen molar-refractivity contribution in [3.05, 3.63) is 74.9 Å². The summed E-state index contributed by atoms with van der Waals surface area (Å²) in [6.07, 6.45) is 0. The zero-order valence-electron chi connectivity index (χ0n) is 12.8. The van der Waals surface area contributed by atoms with E-state index in [-0.39, 0.29) is 17.9 Å². The van der Waals surface area contributed by atoms with Gasteiger partial charge in [0.05, 0.1) is 28.5 Å². The monoisotopic (exact) mass is 324 g/mol. The molecule has 2 heterocycles. The van der Waals surface area contributed by atoms with Crippen molar-refractivity contribution in [3.63, 3.8) is 0 Å². The van der Waals surface area contributed by atoms with Crippen LogP contribution in [0, 0.1) is 5.82 Å². The molecule has 2 aromatic heterocycles. The van der Waals surface area contributed by atoms with Crippen LogP contribution in [0.15, 0.2) is 52.1 Å². The summed E-state index contributed by atoms with van der Waals surface area (Å²) in [6.45, 7) is 0.00575. The van der Waals surface area contributed by atoms with Crippen LogP contribution in [0.2, 0.25) is 0 Å². The molecule has 4 aromatic rings. The number of benzene rings is 2. The maximum Gasteiger partial charge on any atom is 0.329 e. The Morgan fingerprint density at radius 1 is 1.17 bits per heavy atom. The Bertz CT molecular complexity index is 1200. The second-order valence-electron chi connectivity index (χ2n) is 5.59. The summed E-state index contributed by atoms with van der Waals surface area (Å²) in [7, 11) is 1.77. The number of para-hydroxylation sites is 1. The summed E-state index contributed by atoms with van der Waals surface area (Å²) in [4.78, 5) is 31.9. The smallest absolute Gasteiger partial charge is 0.329 e. The number of aromatic nitrogens is 4. The molecule has 0 aliphatic rings. The first-order valence-electron chi connectivity index (χ1n) is 7.37. The lowest BCUT2D eigenvalue weighted by atomic mass is 10.2. The van der Waals surface area contributed by atoms with Crippen LogP contribution in [-0.4, -0.2) is 19.1 Å². The summed E-state index contributed by atoms with van der Waals surface area (Å²) in [6, 6.07) is 11.1. The topological polar surface area (TPSA) is 72.7 Å². The van der Waals surface area contributed by atoms with E-state index in [1.807, 2.05) is 0 Å². The summed E-state index contributed by atoms with van der Waals surface area (Å²) < 4.78 is 16.2. The average molecular weight is 324 g/mol. The van der Waals surface area contributed by atoms with Gasteiger partial charge >= 0.3 is 5.69 Å². The number of aromatic amines is 1. The van der Waals surface area contributed by atoms with E-state index >= 15 is 0 Å². The number of hydrogen-bond donors (Lipinski definition) is 1. The van der Waals surface area contributed by atoms with Crippen LogP contribution in [0.4, 0.5) is 4.39 Å². The highest BCUT2D eigenvalue weighted by molar-refractivity contribution is 5.77. The number of nitrogens with zero attached hydrogens (tertiary/aromatic N) is 3. The van der Waals surface area contributed by atoms with Gasteiger partial charge in [0.25, 0.3) is 5.56 Å². The van der Waals surface area contributed by atoms with Gasteiger partial charge in [-0.15, -0.1) is 0 Å². The first-order valence-corrected chi connectivity index (χ1v) is 7.37. The second kappa shape index (κ2) is 5.16. The summed E-state index contributed by atoms with van der Waals surface area (Å²) in [5, 5.41) is 0.432. The average Bonchev–Trinajstić information content (AvgIpc) is 2.86. The molecule has 0 aliphatic heterocycles. The van der Waals surface area contributed by atoms with Crippen molar-refractivity contribution in [2.24, 2.45) is 7.05 Å². The van der Waals surface area contributed by atoms with Crippen molar-refractivity contribution in [3.8, 4) is 0 Å². The molecule has 1 N–H and O–H groups in total. The van der Waals surface area contributed by atoms with Crippen molar-refractivity contribution in [2.75, 3.05) is 0 Å². The first kappa shape index (κ1) is 14.4. The Morgan fingerprint density at radius 3 is 2.79 bits per heavy atom. The number of halogens is 1. The van der Waals surface area contributed by atoms with E-state index in [0.29, 0.717) is 22.2 Å². The van der Waals surface area contributed by atoms with Crippen molar-refractivity contribution in [1.82, 2.24) is 19.1 Å². The van der Waals surface area contributed by atoms with Crippen LogP contribution in [0.25, 0.3) is 21.9 Å². The lowest BCUT2D eigenvalue weighted by Gasteiger charge is -2.06. The summed E-state index contributed by atoms with van der Waals surface area (Å²) >= 11 is 0. The quantitative estimate of drug-likeness (QED) is 0.611. The number of fused-ring (bicyclic) bond motifs is 2. The van der Waals surface area contributed by atoms with Gasteiger partial charge in [0.2, 0.25) is 0 Å². The third-order valence-electron chi connectivity index (χ3n) is 4.12. The van der Waals surface area contributed by atoms with Crippen molar-refractivity contribution >= 4 is 21.9 Å². The molecule has 0 radical (unpaired) electrons. The number of H-pyrrole nitrogens is 1. The molecular weight excluding hydrogens is 311 g/mol. The SMILES string of the molecule is Cn1c(Cn2c(=O)[nH]c3ccccc3c2=O)nc2cc(F)ccc21. The highest BCUT2D eigenvalue weighted by atomic mass is 19.1. The molecule has 120 valence electrons. The standard InChI is InChI=1S/C17H13FN4O2/c1-21-14-7-6-10(18)8-13(14)19-15(21)9-22-16(23)11-4-2-3-5-12(11)20-17(22)24/h2-8H,9H2,1H3,(H,20,24). The molecule has 0 saturated heterocycles. The van der Waals surface area contributed by atoms with Crippen molar-refractivity contribution < 1.29 is 4.39 Å². The Balaban J connectivity index is 1.90. The van der Waals surface area contributed by atoms with E-state index in [2.05, 4.69) is 9.97 Å². The largest absolute Gasteiger partial charge is 0.330 e. The molecule has 4 rings (SSSR count). The van der Waals surface area contributed by atoms with Gasteiger partial charge in [-0.1, -0.05) is 12.1 Å². The van der Waals surface area contributed by atoms with Crippen LogP contribution < -0.4 is 11.2 Å². The number of hydrogen-bond acceptors (Lipinski definition) is 3. The lowest BCUT2D eigenvalue weighted by molar-refractivity contribution is 0.629. The van der Waals surface area contributed by atoms with Crippen LogP contribution in [-0.2, 0) is 13.6 Å². The predicted octanol–water partition coefficient (Wildman–Crippen LogP) is 1.76. The normalized spacial score (nSPS) is 11.4. The maximum absolute atomic E-state index is 13.3. The fraction of sp³-hybridized carbons (Fsp3) is 0.118. The highest BCUT2D eigenvalue weighted by Crippen LogP contribution is 2.16. The van der Waals surface area contributed by atoms with E-state index in [1.165, 1.54) is 12.1 Å². The molecule has 0 fully saturated rings. The summed E-state index contributed by atoms with van der Waals surface area (Å²) in [5.74, 6) is 0.117. The Kier molecular flexibility index (Phi) is 3.09. The Morgan fingerprint density at radius 2 is 1.96 bits per heavy atom. The molecule has 0 amide bonds. The van der Waals surface area contributed by atoms with Gasteiger partial charge in [-0.25, -0.2) is 14.2 Å². The van der Waals surface area contributed by atoms with E-state index in [9.17, 15) is 14.0 Å². The Hall–Kier alpha value is -3.22. The third kappa shape index (κ3) is 2.13. The highest BCUT2D eigenvalue weighted by Gasteiger charge is 2.13. The number of imidazole rings is 1. The Labute approximate surface area is 134 Å². The number of rotatable bonds is 2. The molecule has 0 bridgehead atoms. The minimum atomic E-state index is -0.503. The van der Waals surface area contributed by atoms with Gasteiger partial charge in [0.1, 0.15) is 11.6 Å². The van der Waals surface area contributed by atoms with Crippen molar-refractivity contribution in [2.45, 2.75) is 6.54 Å². The fourth-order valence-electron chi connectivity index (χ4n) is 2.85. The lowest BCUT2D eigenvalue weighted by Crippen LogP contribution is -2.36. The molecule has 0 aliphatic carbocycles. The molecule has 6 nitrogen and oxygen atoms in total. The molecule has 2 aromatic carbocycles. The molecule has 0 spiro atoms. The third-order valence-corrected chi connectivity index (χ3v) is 4.12. The molecule has 0 unspecified atom stereocenters. The van der Waals surface area contributed by atoms with E-state index < -0.39 is 5.69 Å². The molecule has 7 heteroatoms. The molecular formula is C17H13FN4O2. The van der Waals surface area contributed by atoms with Crippen LogP contribution >= 0.6 is 0 Å². The zero-order chi connectivity index (χ0) is 16.8.